The number of aromatic amines is 1. The lowest BCUT2D eigenvalue weighted by Gasteiger charge is -2.25. The van der Waals surface area contributed by atoms with Gasteiger partial charge in [-0.1, -0.05) is 50.6 Å². The van der Waals surface area contributed by atoms with Crippen molar-refractivity contribution in [3.05, 3.63) is 115 Å². The van der Waals surface area contributed by atoms with Crippen LogP contribution < -0.4 is 11.1 Å². The number of pyridine rings is 2. The van der Waals surface area contributed by atoms with Crippen molar-refractivity contribution >= 4 is 22.4 Å². The summed E-state index contributed by atoms with van der Waals surface area (Å²) in [7, 11) is 0. The molecular weight excluding hydrogens is 504 g/mol. The highest BCUT2D eigenvalue weighted by Gasteiger charge is 2.17. The molecule has 0 radical (unpaired) electrons. The molecule has 0 aliphatic heterocycles. The van der Waals surface area contributed by atoms with Crippen molar-refractivity contribution in [2.24, 2.45) is 5.92 Å². The molecule has 1 aliphatic carbocycles. The highest BCUT2D eigenvalue weighted by Crippen LogP contribution is 2.30. The summed E-state index contributed by atoms with van der Waals surface area (Å²) in [6, 6.07) is 12.1. The number of fused-ring (bicyclic) bond motifs is 1. The van der Waals surface area contributed by atoms with Gasteiger partial charge in [-0.3, -0.25) is 4.98 Å². The number of anilines is 1. The van der Waals surface area contributed by atoms with Crippen LogP contribution in [0.2, 0.25) is 0 Å². The Bertz CT molecular complexity index is 1580. The third-order valence-corrected chi connectivity index (χ3v) is 7.49. The summed E-state index contributed by atoms with van der Waals surface area (Å²) < 4.78 is 0. The van der Waals surface area contributed by atoms with E-state index in [0.717, 1.165) is 56.2 Å². The molecule has 0 amide bonds. The summed E-state index contributed by atoms with van der Waals surface area (Å²) in [5.74, 6) is 1.34. The number of terminal acetylenes is 1. The molecule has 0 bridgehead atoms. The van der Waals surface area contributed by atoms with E-state index in [1.165, 1.54) is 32.1 Å². The van der Waals surface area contributed by atoms with E-state index in [2.05, 4.69) is 70.6 Å². The maximum atomic E-state index is 6.43. The molecule has 1 saturated carbocycles. The first-order valence-corrected chi connectivity index (χ1v) is 14.0. The minimum atomic E-state index is 0.524. The second-order valence-corrected chi connectivity index (χ2v) is 10.1. The van der Waals surface area contributed by atoms with Gasteiger partial charge in [-0.25, -0.2) is 9.97 Å². The van der Waals surface area contributed by atoms with Crippen molar-refractivity contribution < 1.29 is 0 Å². The van der Waals surface area contributed by atoms with Crippen LogP contribution in [-0.4, -0.2) is 19.9 Å². The van der Waals surface area contributed by atoms with Crippen LogP contribution in [0.4, 0.5) is 5.69 Å². The molecule has 4 aromatic rings. The number of hydrogen-bond donors (Lipinski definition) is 3. The zero-order valence-corrected chi connectivity index (χ0v) is 23.7. The molecule has 0 saturated heterocycles. The molecule has 0 atom stereocenters. The van der Waals surface area contributed by atoms with Gasteiger partial charge in [0.25, 0.3) is 0 Å². The van der Waals surface area contributed by atoms with Gasteiger partial charge in [0.05, 0.1) is 5.52 Å². The number of nitrogen functional groups attached to an aromatic ring is 1. The largest absolute Gasteiger partial charge is 0.398 e. The second kappa shape index (κ2) is 14.0. The van der Waals surface area contributed by atoms with Crippen molar-refractivity contribution in [1.82, 2.24) is 25.3 Å². The van der Waals surface area contributed by atoms with E-state index in [1.807, 2.05) is 43.5 Å². The van der Waals surface area contributed by atoms with Crippen LogP contribution in [0.3, 0.4) is 0 Å². The Morgan fingerprint density at radius 3 is 2.66 bits per heavy atom. The van der Waals surface area contributed by atoms with Crippen molar-refractivity contribution in [3.63, 3.8) is 0 Å². The molecule has 6 nitrogen and oxygen atoms in total. The number of allylic oxidation sites excluding steroid dienone is 5. The number of benzene rings is 1. The van der Waals surface area contributed by atoms with E-state index in [-0.39, 0.29) is 0 Å². The molecule has 1 aliphatic rings. The topological polar surface area (TPSA) is 92.5 Å². The number of nitrogens with two attached hydrogens (primary N) is 1. The molecule has 5 rings (SSSR count). The quantitative estimate of drug-likeness (QED) is 0.115. The average Bonchev–Trinajstić information content (AvgIpc) is 3.45. The number of nitrogens with zero attached hydrogens (tertiary/aromatic N) is 3. The zero-order valence-electron chi connectivity index (χ0n) is 23.7. The summed E-state index contributed by atoms with van der Waals surface area (Å²) in [5.41, 5.74) is 16.0. The molecule has 4 N–H and O–H groups in total. The standard InChI is InChI=1S/C33H36N6.C2H2/c1-4-23(19-28(5-2)37-22(3)24-10-7-6-8-11-24)25-13-14-30(34)27(18-25)20-31-38-32-29(15-17-36-33(32)39-31)26-12-9-16-35-21-26;1-2/h4-5,9,12-19,21,24,37H,2-3,6-8,10-11,20,34H2,1H3,(H,36,38,39);1-2H/b23-4+,28-19+;. The normalized spacial score (nSPS) is 14.2. The number of hydrogen-bond acceptors (Lipinski definition) is 5. The third kappa shape index (κ3) is 7.01. The Morgan fingerprint density at radius 2 is 1.95 bits per heavy atom. The Kier molecular flexibility index (Phi) is 9.90. The van der Waals surface area contributed by atoms with Crippen LogP contribution in [0, 0.1) is 18.8 Å². The van der Waals surface area contributed by atoms with Crippen LogP contribution in [0.15, 0.2) is 97.8 Å². The van der Waals surface area contributed by atoms with Crippen LogP contribution in [0.25, 0.3) is 27.9 Å². The highest BCUT2D eigenvalue weighted by molar-refractivity contribution is 5.89. The molecule has 0 unspecified atom stereocenters. The summed E-state index contributed by atoms with van der Waals surface area (Å²) in [6.07, 6.45) is 26.3. The minimum Gasteiger partial charge on any atom is -0.398 e. The van der Waals surface area contributed by atoms with Crippen LogP contribution >= 0.6 is 0 Å². The molecule has 41 heavy (non-hydrogen) atoms. The van der Waals surface area contributed by atoms with Gasteiger partial charge in [0.15, 0.2) is 5.65 Å². The highest BCUT2D eigenvalue weighted by atomic mass is 15.0. The number of imidazole rings is 1. The number of nitrogens with one attached hydrogen (secondary N) is 2. The zero-order chi connectivity index (χ0) is 29.2. The number of H-pyrrole nitrogens is 1. The van der Waals surface area contributed by atoms with Gasteiger partial charge in [-0.05, 0) is 78.8 Å². The fourth-order valence-corrected chi connectivity index (χ4v) is 5.31. The smallest absolute Gasteiger partial charge is 0.178 e. The summed E-state index contributed by atoms with van der Waals surface area (Å²) in [4.78, 5) is 17.0. The summed E-state index contributed by atoms with van der Waals surface area (Å²) in [6.45, 7) is 10.4. The van der Waals surface area contributed by atoms with E-state index in [0.29, 0.717) is 18.0 Å². The maximum Gasteiger partial charge on any atom is 0.178 e. The van der Waals surface area contributed by atoms with Crippen LogP contribution in [0.5, 0.6) is 0 Å². The Hall–Kier alpha value is -4.89. The van der Waals surface area contributed by atoms with Gasteiger partial charge in [0.1, 0.15) is 5.82 Å². The van der Waals surface area contributed by atoms with Gasteiger partial charge in [-0.2, -0.15) is 0 Å². The Balaban J connectivity index is 0.00000189. The predicted octanol–water partition coefficient (Wildman–Crippen LogP) is 7.60. The molecule has 1 aromatic carbocycles. The lowest BCUT2D eigenvalue weighted by atomic mass is 9.87. The molecule has 0 spiro atoms. The predicted molar refractivity (Wildman–Crippen MR) is 171 cm³/mol. The molecular formula is C35H38N6. The maximum absolute atomic E-state index is 6.43. The lowest BCUT2D eigenvalue weighted by molar-refractivity contribution is 0.393. The third-order valence-electron chi connectivity index (χ3n) is 7.49. The van der Waals surface area contributed by atoms with E-state index in [1.54, 1.807) is 12.4 Å². The van der Waals surface area contributed by atoms with Gasteiger partial charge in [0, 0.05) is 53.2 Å². The van der Waals surface area contributed by atoms with Gasteiger partial charge in [-0.15, -0.1) is 12.8 Å². The van der Waals surface area contributed by atoms with Crippen molar-refractivity contribution in [2.45, 2.75) is 45.4 Å². The number of rotatable bonds is 9. The fourth-order valence-electron chi connectivity index (χ4n) is 5.31. The van der Waals surface area contributed by atoms with Gasteiger partial charge in [0.2, 0.25) is 0 Å². The van der Waals surface area contributed by atoms with E-state index in [4.69, 9.17) is 10.7 Å². The SMILES string of the molecule is C#C.C=C/C(=C\C(=C/C)c1ccc(N)c(Cc2nc3nccc(-c4cccnc4)c3[nH]2)c1)NC(=C)C1CCCCC1. The monoisotopic (exact) mass is 542 g/mol. The average molecular weight is 543 g/mol. The van der Waals surface area contributed by atoms with E-state index >= 15 is 0 Å². The molecule has 6 heteroatoms. The van der Waals surface area contributed by atoms with Gasteiger partial charge < -0.3 is 16.0 Å². The second-order valence-electron chi connectivity index (χ2n) is 10.1. The molecule has 208 valence electrons. The van der Waals surface area contributed by atoms with Crippen molar-refractivity contribution in [2.75, 3.05) is 5.73 Å². The first kappa shape index (κ1) is 29.1. The van der Waals surface area contributed by atoms with E-state index in [9.17, 15) is 0 Å². The minimum absolute atomic E-state index is 0.524. The Morgan fingerprint density at radius 1 is 1.15 bits per heavy atom. The first-order valence-electron chi connectivity index (χ1n) is 14.0. The fraction of sp³-hybridized carbons (Fsp3) is 0.229. The Labute approximate surface area is 243 Å². The van der Waals surface area contributed by atoms with Crippen LogP contribution in [0.1, 0.15) is 56.0 Å². The lowest BCUT2D eigenvalue weighted by Crippen LogP contribution is -2.20. The van der Waals surface area contributed by atoms with Crippen molar-refractivity contribution in [1.29, 1.82) is 0 Å². The van der Waals surface area contributed by atoms with E-state index < -0.39 is 0 Å². The van der Waals surface area contributed by atoms with Crippen molar-refractivity contribution in [3.8, 4) is 24.0 Å². The van der Waals surface area contributed by atoms with Gasteiger partial charge >= 0.3 is 0 Å². The van der Waals surface area contributed by atoms with Crippen LogP contribution in [-0.2, 0) is 6.42 Å². The number of aromatic nitrogens is 4. The summed E-state index contributed by atoms with van der Waals surface area (Å²) >= 11 is 0. The first-order chi connectivity index (χ1) is 20.1. The molecule has 3 aromatic heterocycles. The molecule has 3 heterocycles. The molecule has 1 fully saturated rings. The summed E-state index contributed by atoms with van der Waals surface area (Å²) in [5, 5.41) is 3.53.